The van der Waals surface area contributed by atoms with E-state index in [1.807, 2.05) is 11.8 Å². The van der Waals surface area contributed by atoms with Gasteiger partial charge in [-0.05, 0) is 0 Å². The number of benzene rings is 4. The van der Waals surface area contributed by atoms with E-state index in [0.29, 0.717) is 5.92 Å². The van der Waals surface area contributed by atoms with Crippen molar-refractivity contribution in [2.24, 2.45) is 13.0 Å². The van der Waals surface area contributed by atoms with Crippen LogP contribution in [0.25, 0.3) is 43.6 Å². The predicted octanol–water partition coefficient (Wildman–Crippen LogP) is 8.15. The summed E-state index contributed by atoms with van der Waals surface area (Å²) >= 11 is -0.0227. The van der Waals surface area contributed by atoms with Gasteiger partial charge in [-0.2, -0.15) is 0 Å². The van der Waals surface area contributed by atoms with Gasteiger partial charge in [-0.25, -0.2) is 0 Å². The third-order valence-electron chi connectivity index (χ3n) is 7.64. The molecule has 0 spiro atoms. The van der Waals surface area contributed by atoms with Crippen LogP contribution in [0.4, 0.5) is 0 Å². The molecule has 0 fully saturated rings. The minimum atomic E-state index is -2.05. The number of hydrogen-bond donors (Lipinski definition) is 0. The maximum atomic E-state index is 2.53. The molecule has 0 saturated heterocycles. The molecule has 0 amide bonds. The summed E-state index contributed by atoms with van der Waals surface area (Å²) in [6, 6.07) is 21.0. The van der Waals surface area contributed by atoms with Crippen molar-refractivity contribution in [1.82, 2.24) is 0 Å². The first kappa shape index (κ1) is 23.1. The van der Waals surface area contributed by atoms with E-state index >= 15 is 0 Å². The van der Waals surface area contributed by atoms with Gasteiger partial charge in [0, 0.05) is 0 Å². The Bertz CT molecular complexity index is 1670. The average molecular weight is 537 g/mol. The molecule has 0 radical (unpaired) electrons. The van der Waals surface area contributed by atoms with Crippen LogP contribution in [-0.2, 0) is 13.5 Å². The first-order valence-corrected chi connectivity index (χ1v) is 20.9. The molecule has 5 aromatic rings. The van der Waals surface area contributed by atoms with E-state index in [9.17, 15) is 0 Å². The molecule has 1 nitrogen and oxygen atoms in total. The van der Waals surface area contributed by atoms with Crippen molar-refractivity contribution in [3.05, 3.63) is 71.9 Å². The first-order chi connectivity index (χ1) is 16.7. The van der Waals surface area contributed by atoms with Crippen LogP contribution in [-0.4, -0.2) is 13.3 Å². The van der Waals surface area contributed by atoms with Gasteiger partial charge in [-0.3, -0.25) is 0 Å². The van der Waals surface area contributed by atoms with E-state index in [1.54, 1.807) is 4.40 Å². The summed E-state index contributed by atoms with van der Waals surface area (Å²) in [5.74, 6) is 8.15. The molecule has 2 heterocycles. The Kier molecular flexibility index (Phi) is 5.36. The summed E-state index contributed by atoms with van der Waals surface area (Å²) in [7, 11) is 2.22. The molecule has 176 valence electrons. The van der Waals surface area contributed by atoms with Crippen LogP contribution in [0.5, 0.6) is 0 Å². The topological polar surface area (TPSA) is 3.88 Å². The van der Waals surface area contributed by atoms with Crippen molar-refractivity contribution >= 4 is 61.7 Å². The van der Waals surface area contributed by atoms with Crippen molar-refractivity contribution < 1.29 is 4.57 Å². The standard InChI is InChI=1S/C32H34GeNS/c1-19(2)17-26-22-12-9-8-11-21(22)20(3)29-31-30-24(15-16-34(31)7)23-13-10-14-27(33(4,5)6)25(23)18-28(30)35-32(26)29/h8-16,18-19H,17H2,1-7H3/q+1. The molecule has 0 aliphatic carbocycles. The van der Waals surface area contributed by atoms with Crippen LogP contribution >= 0.6 is 11.8 Å². The molecular formula is C32H34GeNS+. The molecule has 1 aliphatic rings. The molecule has 3 heteroatoms. The summed E-state index contributed by atoms with van der Waals surface area (Å²) in [5.41, 5.74) is 5.74. The predicted molar refractivity (Wildman–Crippen MR) is 156 cm³/mol. The van der Waals surface area contributed by atoms with Gasteiger partial charge < -0.3 is 0 Å². The quantitative estimate of drug-likeness (QED) is 0.125. The van der Waals surface area contributed by atoms with Gasteiger partial charge in [0.1, 0.15) is 0 Å². The third kappa shape index (κ3) is 3.48. The fraction of sp³-hybridized carbons (Fsp3) is 0.281. The Morgan fingerprint density at radius 3 is 2.29 bits per heavy atom. The van der Waals surface area contributed by atoms with Crippen molar-refractivity contribution in [2.75, 3.05) is 0 Å². The average Bonchev–Trinajstić information content (AvgIpc) is 2.81. The zero-order valence-corrected chi connectivity index (χ0v) is 24.8. The Hall–Kier alpha value is -2.30. The fourth-order valence-corrected chi connectivity index (χ4v) is 10.8. The second-order valence-electron chi connectivity index (χ2n) is 11.6. The number of pyridine rings is 1. The SMILES string of the molecule is Cc1c2c(c(CC(C)C)c3ccccc13)Sc1cc3[c]([Ge]([CH3])([CH3])[CH3])cccc3c3cc[n+](C)c-2c13. The van der Waals surface area contributed by atoms with Crippen LogP contribution < -0.4 is 8.96 Å². The zero-order valence-electron chi connectivity index (χ0n) is 21.9. The van der Waals surface area contributed by atoms with Crippen LogP contribution in [0.15, 0.2) is 70.6 Å². The molecule has 0 unspecified atom stereocenters. The molecule has 4 aromatic carbocycles. The molecule has 0 N–H and O–H groups in total. The third-order valence-corrected chi connectivity index (χ3v) is 13.1. The van der Waals surface area contributed by atoms with Crippen molar-refractivity contribution in [1.29, 1.82) is 0 Å². The zero-order chi connectivity index (χ0) is 24.6. The number of rotatable bonds is 3. The molecular weight excluding hydrogens is 503 g/mol. The number of hydrogen-bond acceptors (Lipinski definition) is 1. The van der Waals surface area contributed by atoms with E-state index in [2.05, 4.69) is 110 Å². The van der Waals surface area contributed by atoms with Crippen LogP contribution in [0.1, 0.15) is 25.0 Å². The monoisotopic (exact) mass is 538 g/mol. The van der Waals surface area contributed by atoms with E-state index in [1.165, 1.54) is 64.5 Å². The minimum absolute atomic E-state index is 0.606. The Labute approximate surface area is 215 Å². The second-order valence-corrected chi connectivity index (χ2v) is 23.3. The molecule has 0 atom stereocenters. The maximum absolute atomic E-state index is 2.53. The number of aryl methyl sites for hydroxylation is 2. The fourth-order valence-electron chi connectivity index (χ4n) is 6.09. The molecule has 1 aromatic heterocycles. The Morgan fingerprint density at radius 1 is 0.857 bits per heavy atom. The summed E-state index contributed by atoms with van der Waals surface area (Å²) in [6.07, 6.45) is 3.38. The number of aromatic nitrogens is 1. The Morgan fingerprint density at radius 2 is 1.57 bits per heavy atom. The summed E-state index contributed by atoms with van der Waals surface area (Å²) < 4.78 is 3.97. The summed E-state index contributed by atoms with van der Waals surface area (Å²) in [5, 5.41) is 8.53. The van der Waals surface area contributed by atoms with Gasteiger partial charge in [0.25, 0.3) is 0 Å². The second kappa shape index (κ2) is 8.11. The van der Waals surface area contributed by atoms with Crippen molar-refractivity contribution in [2.45, 2.75) is 54.3 Å². The van der Waals surface area contributed by atoms with Gasteiger partial charge in [-0.1, -0.05) is 0 Å². The van der Waals surface area contributed by atoms with Crippen LogP contribution in [0, 0.1) is 12.8 Å². The first-order valence-electron chi connectivity index (χ1n) is 12.8. The number of fused-ring (bicyclic) bond motifs is 5. The van der Waals surface area contributed by atoms with E-state index < -0.39 is 13.3 Å². The Balaban J connectivity index is 1.81. The van der Waals surface area contributed by atoms with Gasteiger partial charge >= 0.3 is 217 Å². The molecule has 35 heavy (non-hydrogen) atoms. The molecule has 0 bridgehead atoms. The van der Waals surface area contributed by atoms with Crippen molar-refractivity contribution in [3.63, 3.8) is 0 Å². The number of nitrogens with zero attached hydrogens (tertiary/aromatic N) is 1. The summed E-state index contributed by atoms with van der Waals surface area (Å²) in [4.78, 5) is 2.89. The van der Waals surface area contributed by atoms with Crippen LogP contribution in [0.2, 0.25) is 17.3 Å². The van der Waals surface area contributed by atoms with Gasteiger partial charge in [0.2, 0.25) is 0 Å². The molecule has 6 rings (SSSR count). The van der Waals surface area contributed by atoms with E-state index in [0.717, 1.165) is 6.42 Å². The van der Waals surface area contributed by atoms with Gasteiger partial charge in [0.05, 0.1) is 0 Å². The van der Waals surface area contributed by atoms with E-state index in [-0.39, 0.29) is 0 Å². The van der Waals surface area contributed by atoms with Gasteiger partial charge in [-0.15, -0.1) is 0 Å². The van der Waals surface area contributed by atoms with E-state index in [4.69, 9.17) is 0 Å². The summed E-state index contributed by atoms with van der Waals surface area (Å²) in [6.45, 7) is 7.02. The van der Waals surface area contributed by atoms with Crippen molar-refractivity contribution in [3.8, 4) is 11.3 Å². The molecule has 1 aliphatic heterocycles. The van der Waals surface area contributed by atoms with Crippen LogP contribution in [0.3, 0.4) is 0 Å². The molecule has 0 saturated carbocycles. The van der Waals surface area contributed by atoms with Gasteiger partial charge in [0.15, 0.2) is 0 Å². The normalized spacial score (nSPS) is 13.3.